The van der Waals surface area contributed by atoms with Gasteiger partial charge in [0.2, 0.25) is 0 Å². The number of hydrogen-bond donors (Lipinski definition) is 3. The number of likely N-dealkylation sites (N-methyl/N-ethyl adjacent to an activating group) is 1. The van der Waals surface area contributed by atoms with Crippen molar-refractivity contribution in [3.63, 3.8) is 0 Å². The Morgan fingerprint density at radius 3 is 2.18 bits per heavy atom. The summed E-state index contributed by atoms with van der Waals surface area (Å²) in [5.41, 5.74) is 5.15. The lowest BCUT2D eigenvalue weighted by Gasteiger charge is -2.42. The topological polar surface area (TPSA) is 83.1 Å². The zero-order chi connectivity index (χ0) is 26.9. The normalized spacial score (nSPS) is 21.3. The second-order valence-corrected chi connectivity index (χ2v) is 9.96. The molecular weight excluding hydrogens is 478 g/mol. The van der Waals surface area contributed by atoms with E-state index in [0.29, 0.717) is 13.1 Å². The van der Waals surface area contributed by atoms with E-state index in [1.54, 1.807) is 0 Å². The van der Waals surface area contributed by atoms with Gasteiger partial charge in [0.1, 0.15) is 0 Å². The number of carbonyl (C=O) groups excluding carboxylic acids is 1. The molecule has 0 unspecified atom stereocenters. The summed E-state index contributed by atoms with van der Waals surface area (Å²) in [5.74, 6) is 0.116. The maximum atomic E-state index is 11.7. The summed E-state index contributed by atoms with van der Waals surface area (Å²) < 4.78 is 13.1. The number of benzene rings is 3. The van der Waals surface area contributed by atoms with E-state index in [4.69, 9.17) is 9.47 Å². The molecule has 0 bridgehead atoms. The maximum absolute atomic E-state index is 11.7. The highest BCUT2D eigenvalue weighted by atomic mass is 16.7. The smallest absolute Gasteiger partial charge is 0.315 e. The van der Waals surface area contributed by atoms with Crippen molar-refractivity contribution in [1.82, 2.24) is 15.5 Å². The molecule has 3 aromatic rings. The highest BCUT2D eigenvalue weighted by molar-refractivity contribution is 5.73. The van der Waals surface area contributed by atoms with Gasteiger partial charge in [-0.1, -0.05) is 85.8 Å². The van der Waals surface area contributed by atoms with Gasteiger partial charge >= 0.3 is 6.03 Å². The summed E-state index contributed by atoms with van der Waals surface area (Å²) in [7, 11) is 2.12. The number of amides is 2. The van der Waals surface area contributed by atoms with Gasteiger partial charge in [0.25, 0.3) is 0 Å². The Morgan fingerprint density at radius 1 is 0.868 bits per heavy atom. The molecule has 1 heterocycles. The lowest BCUT2D eigenvalue weighted by molar-refractivity contribution is -0.276. The summed E-state index contributed by atoms with van der Waals surface area (Å²) >= 11 is 0. The van der Waals surface area contributed by atoms with Gasteiger partial charge in [-0.05, 0) is 36.2 Å². The molecule has 1 fully saturated rings. The molecule has 3 N–H and O–H groups in total. The highest BCUT2D eigenvalue weighted by Crippen LogP contribution is 2.41. The standard InChI is InChI=1S/C31H39N3O4/c1-4-32-31(36)33-18-23-10-16-27(17-11-23)30-37-28(20-34(3)19-24-8-6-5-7-9-24)22(2)29(38-30)26-14-12-25(21-35)13-15-26/h5-17,22,28-30,35H,4,18-21H2,1-3H3,(H2,32,33,36)/t22-,28+,29+,30+/m1/s1. The van der Waals surface area contributed by atoms with E-state index in [-0.39, 0.29) is 30.8 Å². The lowest BCUT2D eigenvalue weighted by Crippen LogP contribution is -2.43. The number of aliphatic hydroxyl groups excluding tert-OH is 1. The Hall–Kier alpha value is -3.23. The monoisotopic (exact) mass is 517 g/mol. The van der Waals surface area contributed by atoms with E-state index in [2.05, 4.69) is 53.8 Å². The van der Waals surface area contributed by atoms with Gasteiger partial charge in [-0.3, -0.25) is 4.90 Å². The maximum Gasteiger partial charge on any atom is 0.315 e. The van der Waals surface area contributed by atoms with E-state index in [1.807, 2.05) is 61.5 Å². The Morgan fingerprint density at radius 2 is 1.53 bits per heavy atom. The minimum Gasteiger partial charge on any atom is -0.392 e. The van der Waals surface area contributed by atoms with Crippen molar-refractivity contribution < 1.29 is 19.4 Å². The Bertz CT molecular complexity index is 1140. The van der Waals surface area contributed by atoms with Crippen LogP contribution in [0.3, 0.4) is 0 Å². The minimum atomic E-state index is -0.519. The summed E-state index contributed by atoms with van der Waals surface area (Å²) in [6.07, 6.45) is -0.728. The van der Waals surface area contributed by atoms with Crippen LogP contribution in [0.4, 0.5) is 4.79 Å². The van der Waals surface area contributed by atoms with Crippen LogP contribution in [0.15, 0.2) is 78.9 Å². The second kappa shape index (κ2) is 13.5. The van der Waals surface area contributed by atoms with E-state index >= 15 is 0 Å². The Balaban J connectivity index is 1.50. The van der Waals surface area contributed by atoms with Gasteiger partial charge in [0.15, 0.2) is 6.29 Å². The van der Waals surface area contributed by atoms with Crippen LogP contribution in [0.5, 0.6) is 0 Å². The van der Waals surface area contributed by atoms with Crippen LogP contribution >= 0.6 is 0 Å². The average molecular weight is 518 g/mol. The van der Waals surface area contributed by atoms with Crippen molar-refractivity contribution in [1.29, 1.82) is 0 Å². The number of aliphatic hydroxyl groups is 1. The van der Waals surface area contributed by atoms with Gasteiger partial charge in [-0.25, -0.2) is 4.79 Å². The molecule has 38 heavy (non-hydrogen) atoms. The molecule has 7 nitrogen and oxygen atoms in total. The van der Waals surface area contributed by atoms with Crippen molar-refractivity contribution in [2.75, 3.05) is 20.1 Å². The SMILES string of the molecule is CCNC(=O)NCc1ccc([C@H]2O[C@@H](CN(C)Cc3ccccc3)[C@@H](C)[C@@H](c3ccc(CO)cc3)O2)cc1. The van der Waals surface area contributed by atoms with Crippen molar-refractivity contribution >= 4 is 6.03 Å². The first kappa shape index (κ1) is 27.8. The van der Waals surface area contributed by atoms with Gasteiger partial charge < -0.3 is 25.2 Å². The predicted molar refractivity (Wildman–Crippen MR) is 148 cm³/mol. The Kier molecular flexibility index (Phi) is 9.90. The summed E-state index contributed by atoms with van der Waals surface area (Å²) in [6.45, 7) is 6.71. The van der Waals surface area contributed by atoms with Crippen molar-refractivity contribution in [3.8, 4) is 0 Å². The van der Waals surface area contributed by atoms with Crippen LogP contribution < -0.4 is 10.6 Å². The van der Waals surface area contributed by atoms with E-state index in [0.717, 1.165) is 35.3 Å². The predicted octanol–water partition coefficient (Wildman–Crippen LogP) is 4.92. The molecule has 0 aliphatic carbocycles. The number of carbonyl (C=O) groups is 1. The molecule has 2 amide bonds. The molecule has 1 saturated heterocycles. The molecule has 0 saturated carbocycles. The van der Waals surface area contributed by atoms with Gasteiger partial charge in [0.05, 0.1) is 18.8 Å². The molecule has 3 aromatic carbocycles. The molecule has 0 spiro atoms. The van der Waals surface area contributed by atoms with E-state index < -0.39 is 6.29 Å². The highest BCUT2D eigenvalue weighted by Gasteiger charge is 2.38. The molecule has 4 atom stereocenters. The quantitative estimate of drug-likeness (QED) is 0.356. The number of nitrogens with one attached hydrogen (secondary N) is 2. The van der Waals surface area contributed by atoms with Crippen LogP contribution in [-0.2, 0) is 29.2 Å². The molecular formula is C31H39N3O4. The Labute approximate surface area is 225 Å². The van der Waals surface area contributed by atoms with Gasteiger partial charge in [0, 0.05) is 37.7 Å². The first-order valence-electron chi connectivity index (χ1n) is 13.3. The first-order chi connectivity index (χ1) is 18.5. The number of rotatable bonds is 10. The van der Waals surface area contributed by atoms with Crippen LogP contribution in [0, 0.1) is 5.92 Å². The molecule has 4 rings (SSSR count). The summed E-state index contributed by atoms with van der Waals surface area (Å²) in [4.78, 5) is 14.0. The number of ether oxygens (including phenoxy) is 2. The number of nitrogens with zero attached hydrogens (tertiary/aromatic N) is 1. The molecule has 0 radical (unpaired) electrons. The summed E-state index contributed by atoms with van der Waals surface area (Å²) in [5, 5.41) is 15.1. The van der Waals surface area contributed by atoms with Crippen molar-refractivity contribution in [3.05, 3.63) is 107 Å². The third-order valence-electron chi connectivity index (χ3n) is 6.95. The minimum absolute atomic E-state index is 0.0152. The largest absolute Gasteiger partial charge is 0.392 e. The lowest BCUT2D eigenvalue weighted by atomic mass is 9.90. The molecule has 7 heteroatoms. The second-order valence-electron chi connectivity index (χ2n) is 9.96. The van der Waals surface area contributed by atoms with Crippen molar-refractivity contribution in [2.24, 2.45) is 5.92 Å². The fraction of sp³-hybridized carbons (Fsp3) is 0.387. The van der Waals surface area contributed by atoms with Crippen molar-refractivity contribution in [2.45, 2.75) is 52.0 Å². The third-order valence-corrected chi connectivity index (χ3v) is 6.95. The molecule has 1 aliphatic rings. The van der Waals surface area contributed by atoms with Crippen LogP contribution in [0.25, 0.3) is 0 Å². The van der Waals surface area contributed by atoms with E-state index in [9.17, 15) is 9.90 Å². The molecule has 1 aliphatic heterocycles. The van der Waals surface area contributed by atoms with E-state index in [1.165, 1.54) is 5.56 Å². The third kappa shape index (κ3) is 7.42. The fourth-order valence-corrected chi connectivity index (χ4v) is 4.79. The number of hydrogen-bond acceptors (Lipinski definition) is 5. The van der Waals surface area contributed by atoms with Crippen LogP contribution in [0.2, 0.25) is 0 Å². The van der Waals surface area contributed by atoms with Crippen LogP contribution in [-0.4, -0.2) is 42.3 Å². The first-order valence-corrected chi connectivity index (χ1v) is 13.3. The van der Waals surface area contributed by atoms with Gasteiger partial charge in [-0.2, -0.15) is 0 Å². The van der Waals surface area contributed by atoms with Gasteiger partial charge in [-0.15, -0.1) is 0 Å². The molecule has 202 valence electrons. The average Bonchev–Trinajstić information content (AvgIpc) is 2.94. The molecule has 0 aromatic heterocycles. The fourth-order valence-electron chi connectivity index (χ4n) is 4.79. The van der Waals surface area contributed by atoms with Crippen LogP contribution in [0.1, 0.15) is 54.1 Å². The zero-order valence-electron chi connectivity index (χ0n) is 22.5. The zero-order valence-corrected chi connectivity index (χ0v) is 22.5. The number of urea groups is 1. The summed E-state index contributed by atoms with van der Waals surface area (Å²) in [6, 6.07) is 26.2.